The molecule has 4 N–H and O–H groups in total. The highest BCUT2D eigenvalue weighted by Gasteiger charge is 1.91. The van der Waals surface area contributed by atoms with E-state index >= 15 is 0 Å². The molecule has 5 heteroatoms. The number of benzene rings is 1. The van der Waals surface area contributed by atoms with Gasteiger partial charge in [0.2, 0.25) is 5.11 Å². The number of hydrogen-bond acceptors (Lipinski definition) is 1. The Balaban J connectivity index is 2.59. The van der Waals surface area contributed by atoms with Crippen molar-refractivity contribution in [3.63, 3.8) is 0 Å². The Morgan fingerprint density at radius 3 is 2.62 bits per heavy atom. The van der Waals surface area contributed by atoms with Gasteiger partial charge in [-0.25, -0.2) is 0 Å². The number of thiocarbonyl (C=S) groups is 1. The summed E-state index contributed by atoms with van der Waals surface area (Å²) in [6.07, 6.45) is 1.73. The molecule has 0 atom stereocenters. The van der Waals surface area contributed by atoms with Crippen LogP contribution in [-0.2, 0) is 0 Å². The first-order valence-corrected chi connectivity index (χ1v) is 4.37. The molecule has 0 unspecified atom stereocenters. The van der Waals surface area contributed by atoms with Crippen LogP contribution in [0.3, 0.4) is 0 Å². The SMILES string of the molecule is NC(=S)N[NH+]=Cc1ccc(Cl)cc1. The molecule has 0 aliphatic carbocycles. The molecule has 0 saturated heterocycles. The first-order valence-electron chi connectivity index (χ1n) is 3.58. The van der Waals surface area contributed by atoms with Gasteiger partial charge in [-0.3, -0.25) is 0 Å². The molecule has 0 amide bonds. The predicted octanol–water partition coefficient (Wildman–Crippen LogP) is -0.412. The molecule has 0 spiro atoms. The van der Waals surface area contributed by atoms with Crippen LogP contribution < -0.4 is 16.3 Å². The second kappa shape index (κ2) is 4.79. The molecule has 0 aliphatic heterocycles. The summed E-state index contributed by atoms with van der Waals surface area (Å²) in [6, 6.07) is 7.35. The van der Waals surface area contributed by atoms with Gasteiger partial charge in [0.25, 0.3) is 0 Å². The molecule has 0 heterocycles. The summed E-state index contributed by atoms with van der Waals surface area (Å²) in [5.74, 6) is 0. The van der Waals surface area contributed by atoms with Crippen molar-refractivity contribution in [3.05, 3.63) is 34.9 Å². The average molecular weight is 215 g/mol. The molecule has 1 aromatic carbocycles. The number of hydrazone groups is 1. The number of hydrazine groups is 1. The van der Waals surface area contributed by atoms with Crippen molar-refractivity contribution >= 4 is 35.1 Å². The lowest BCUT2D eigenvalue weighted by Gasteiger charge is -1.90. The molecule has 1 aromatic rings. The highest BCUT2D eigenvalue weighted by Crippen LogP contribution is 2.06. The summed E-state index contributed by atoms with van der Waals surface area (Å²) in [5.41, 5.74) is 8.76. The Kier molecular flexibility index (Phi) is 3.67. The lowest BCUT2D eigenvalue weighted by atomic mass is 10.2. The first kappa shape index (κ1) is 9.95. The molecule has 0 aliphatic rings. The van der Waals surface area contributed by atoms with Crippen LogP contribution in [0.5, 0.6) is 0 Å². The number of hydrogen-bond donors (Lipinski definition) is 3. The minimum absolute atomic E-state index is 0.199. The van der Waals surface area contributed by atoms with Crippen molar-refractivity contribution in [3.8, 4) is 0 Å². The maximum atomic E-state index is 5.71. The molecule has 0 radical (unpaired) electrons. The normalized spacial score (nSPS) is 10.2. The van der Waals surface area contributed by atoms with Crippen molar-refractivity contribution in [2.24, 2.45) is 5.73 Å². The molecule has 1 rings (SSSR count). The lowest BCUT2D eigenvalue weighted by Crippen LogP contribution is -2.82. The fourth-order valence-electron chi connectivity index (χ4n) is 0.750. The van der Waals surface area contributed by atoms with E-state index < -0.39 is 0 Å². The van der Waals surface area contributed by atoms with Gasteiger partial charge in [0.15, 0.2) is 6.21 Å². The van der Waals surface area contributed by atoms with E-state index in [0.717, 1.165) is 5.56 Å². The van der Waals surface area contributed by atoms with Crippen LogP contribution in [0, 0.1) is 0 Å². The third kappa shape index (κ3) is 3.87. The van der Waals surface area contributed by atoms with Gasteiger partial charge < -0.3 is 5.73 Å². The predicted molar refractivity (Wildman–Crippen MR) is 57.5 cm³/mol. The first-order chi connectivity index (χ1) is 6.18. The van der Waals surface area contributed by atoms with E-state index in [4.69, 9.17) is 17.3 Å². The van der Waals surface area contributed by atoms with E-state index in [1.165, 1.54) is 0 Å². The Bertz CT molecular complexity index is 321. The summed E-state index contributed by atoms with van der Waals surface area (Å²) < 4.78 is 0. The van der Waals surface area contributed by atoms with Crippen LogP contribution in [0.1, 0.15) is 5.56 Å². The van der Waals surface area contributed by atoms with Crippen molar-refractivity contribution in [2.45, 2.75) is 0 Å². The fraction of sp³-hybridized carbons (Fsp3) is 0. The van der Waals surface area contributed by atoms with E-state index in [9.17, 15) is 0 Å². The second-order valence-corrected chi connectivity index (χ2v) is 3.21. The van der Waals surface area contributed by atoms with Gasteiger partial charge in [-0.1, -0.05) is 11.6 Å². The summed E-state index contributed by atoms with van der Waals surface area (Å²) in [7, 11) is 0. The van der Waals surface area contributed by atoms with Gasteiger partial charge in [0.05, 0.1) is 0 Å². The van der Waals surface area contributed by atoms with Crippen LogP contribution in [0.15, 0.2) is 24.3 Å². The Hall–Kier alpha value is -1.13. The van der Waals surface area contributed by atoms with E-state index in [0.29, 0.717) is 5.02 Å². The van der Waals surface area contributed by atoms with Gasteiger partial charge in [-0.05, 0) is 36.5 Å². The number of rotatable bonds is 2. The molecule has 68 valence electrons. The van der Waals surface area contributed by atoms with Crippen molar-refractivity contribution in [2.75, 3.05) is 0 Å². The van der Waals surface area contributed by atoms with E-state index in [1.54, 1.807) is 18.3 Å². The maximum Gasteiger partial charge on any atom is 0.221 e. The highest BCUT2D eigenvalue weighted by atomic mass is 35.5. The van der Waals surface area contributed by atoms with Crippen LogP contribution in [-0.4, -0.2) is 11.3 Å². The molecule has 3 nitrogen and oxygen atoms in total. The maximum absolute atomic E-state index is 5.71. The van der Waals surface area contributed by atoms with Crippen molar-refractivity contribution in [1.29, 1.82) is 0 Å². The van der Waals surface area contributed by atoms with E-state index in [1.807, 2.05) is 12.1 Å². The Morgan fingerprint density at radius 2 is 2.08 bits per heavy atom. The van der Waals surface area contributed by atoms with Gasteiger partial charge in [-0.2, -0.15) is 0 Å². The molecule has 0 saturated carbocycles. The fourth-order valence-corrected chi connectivity index (χ4v) is 0.934. The molecular weight excluding hydrogens is 206 g/mol. The van der Waals surface area contributed by atoms with Gasteiger partial charge >= 0.3 is 0 Å². The van der Waals surface area contributed by atoms with Crippen LogP contribution in [0.2, 0.25) is 5.02 Å². The zero-order valence-corrected chi connectivity index (χ0v) is 8.32. The zero-order valence-electron chi connectivity index (χ0n) is 6.75. The lowest BCUT2D eigenvalue weighted by molar-refractivity contribution is -0.499. The summed E-state index contributed by atoms with van der Waals surface area (Å²) in [4.78, 5) is 0. The van der Waals surface area contributed by atoms with Gasteiger partial charge in [0.1, 0.15) is 0 Å². The van der Waals surface area contributed by atoms with E-state index in [2.05, 4.69) is 22.7 Å². The second-order valence-electron chi connectivity index (χ2n) is 2.33. The largest absolute Gasteiger partial charge is 0.372 e. The van der Waals surface area contributed by atoms with Crippen LogP contribution >= 0.6 is 23.8 Å². The van der Waals surface area contributed by atoms with Crippen molar-refractivity contribution < 1.29 is 5.10 Å². The highest BCUT2D eigenvalue weighted by molar-refractivity contribution is 7.80. The minimum Gasteiger partial charge on any atom is -0.372 e. The van der Waals surface area contributed by atoms with E-state index in [-0.39, 0.29) is 5.11 Å². The Labute approximate surface area is 86.6 Å². The third-order valence-corrected chi connectivity index (χ3v) is 1.66. The number of halogens is 1. The number of nitrogens with one attached hydrogen (secondary N) is 2. The summed E-state index contributed by atoms with van der Waals surface area (Å²) >= 11 is 10.3. The quantitative estimate of drug-likeness (QED) is 0.357. The smallest absolute Gasteiger partial charge is 0.221 e. The van der Waals surface area contributed by atoms with Gasteiger partial charge in [0, 0.05) is 10.6 Å². The van der Waals surface area contributed by atoms with Crippen molar-refractivity contribution in [1.82, 2.24) is 5.43 Å². The minimum atomic E-state index is 0.199. The number of nitrogens with two attached hydrogens (primary N) is 1. The standard InChI is InChI=1S/C8H8ClN3S/c9-7-3-1-6(2-4-7)5-11-12-8(10)13/h1-5H,(H3,10,12,13)/p+1. The summed E-state index contributed by atoms with van der Waals surface area (Å²) in [6.45, 7) is 0. The Morgan fingerprint density at radius 1 is 1.46 bits per heavy atom. The third-order valence-electron chi connectivity index (χ3n) is 1.30. The molecule has 13 heavy (non-hydrogen) atoms. The average Bonchev–Trinajstić information content (AvgIpc) is 2.08. The van der Waals surface area contributed by atoms with Gasteiger partial charge in [-0.15, -0.1) is 10.5 Å². The molecule has 0 bridgehead atoms. The zero-order chi connectivity index (χ0) is 9.68. The molecular formula is C8H9ClN3S+. The van der Waals surface area contributed by atoms with Crippen LogP contribution in [0.25, 0.3) is 0 Å². The molecule has 0 fully saturated rings. The monoisotopic (exact) mass is 214 g/mol. The summed E-state index contributed by atoms with van der Waals surface area (Å²) in [5, 5.41) is 3.64. The van der Waals surface area contributed by atoms with Crippen LogP contribution in [0.4, 0.5) is 0 Å². The molecule has 0 aromatic heterocycles. The topological polar surface area (TPSA) is 52.0 Å².